The van der Waals surface area contributed by atoms with Gasteiger partial charge < -0.3 is 10.2 Å². The molecule has 92 valence electrons. The largest absolute Gasteiger partial charge is 0.329 e. The first kappa shape index (κ1) is 12.7. The lowest BCUT2D eigenvalue weighted by atomic mass is 10.0. The van der Waals surface area contributed by atoms with E-state index in [2.05, 4.69) is 17.4 Å². The number of carbonyl (C=O) groups excluding carboxylic acids is 1. The van der Waals surface area contributed by atoms with Crippen LogP contribution >= 0.6 is 24.2 Å². The number of thioether (sulfide) groups is 1. The van der Waals surface area contributed by atoms with Crippen LogP contribution in [-0.2, 0) is 0 Å². The Morgan fingerprint density at radius 3 is 3.06 bits per heavy atom. The predicted molar refractivity (Wildman–Crippen MR) is 72.1 cm³/mol. The number of hydrogen-bond donors (Lipinski definition) is 1. The van der Waals surface area contributed by atoms with Crippen molar-refractivity contribution in [3.63, 3.8) is 0 Å². The molecular formula is C12H15ClN2OS. The number of amides is 1. The molecule has 3 rings (SSSR count). The molecule has 0 spiro atoms. The van der Waals surface area contributed by atoms with Crippen LogP contribution in [0.4, 0.5) is 0 Å². The zero-order chi connectivity index (χ0) is 11.1. The van der Waals surface area contributed by atoms with Crippen molar-refractivity contribution in [3.8, 4) is 0 Å². The number of nitrogens with one attached hydrogen (secondary N) is 1. The molecule has 3 nitrogen and oxygen atoms in total. The Morgan fingerprint density at radius 1 is 1.47 bits per heavy atom. The first-order valence-corrected chi connectivity index (χ1v) is 6.74. The Bertz CT molecular complexity index is 452. The van der Waals surface area contributed by atoms with Gasteiger partial charge in [0.15, 0.2) is 0 Å². The van der Waals surface area contributed by atoms with E-state index in [0.717, 1.165) is 30.1 Å². The first-order chi connectivity index (χ1) is 7.83. The van der Waals surface area contributed by atoms with Gasteiger partial charge in [0.1, 0.15) is 0 Å². The average Bonchev–Trinajstić information content (AvgIpc) is 2.64. The molecule has 1 N–H and O–H groups in total. The maximum atomic E-state index is 12.3. The van der Waals surface area contributed by atoms with Crippen LogP contribution in [0.15, 0.2) is 23.1 Å². The molecule has 0 bridgehead atoms. The zero-order valence-corrected chi connectivity index (χ0v) is 11.2. The number of nitrogens with zero attached hydrogens (tertiary/aromatic N) is 1. The fourth-order valence-electron chi connectivity index (χ4n) is 2.59. The van der Waals surface area contributed by atoms with E-state index in [1.54, 1.807) is 11.8 Å². The minimum Gasteiger partial charge on any atom is -0.329 e. The third-order valence-electron chi connectivity index (χ3n) is 3.36. The summed E-state index contributed by atoms with van der Waals surface area (Å²) in [6, 6.07) is 6.43. The van der Waals surface area contributed by atoms with Gasteiger partial charge in [-0.05, 0) is 17.9 Å². The number of fused-ring (bicyclic) bond motifs is 3. The number of carbonyl (C=O) groups is 1. The van der Waals surface area contributed by atoms with Gasteiger partial charge in [0.05, 0.1) is 11.6 Å². The molecule has 0 aliphatic carbocycles. The van der Waals surface area contributed by atoms with Gasteiger partial charge in [-0.15, -0.1) is 24.2 Å². The van der Waals surface area contributed by atoms with Crippen molar-refractivity contribution in [2.75, 3.05) is 25.9 Å². The lowest BCUT2D eigenvalue weighted by molar-refractivity contribution is 0.0689. The molecule has 0 aromatic heterocycles. The van der Waals surface area contributed by atoms with Gasteiger partial charge in [-0.2, -0.15) is 0 Å². The van der Waals surface area contributed by atoms with E-state index in [9.17, 15) is 4.79 Å². The molecule has 1 aromatic rings. The molecule has 17 heavy (non-hydrogen) atoms. The molecule has 1 amide bonds. The first-order valence-electron chi connectivity index (χ1n) is 5.51. The highest BCUT2D eigenvalue weighted by atomic mass is 35.5. The van der Waals surface area contributed by atoms with Crippen LogP contribution < -0.4 is 5.32 Å². The van der Waals surface area contributed by atoms with E-state index >= 15 is 0 Å². The molecule has 0 radical (unpaired) electrons. The number of rotatable bonds is 1. The molecule has 1 aromatic carbocycles. The Morgan fingerprint density at radius 2 is 2.29 bits per heavy atom. The van der Waals surface area contributed by atoms with E-state index in [0.29, 0.717) is 0 Å². The molecule has 1 fully saturated rings. The molecule has 1 atom stereocenters. The van der Waals surface area contributed by atoms with Gasteiger partial charge in [0.2, 0.25) is 0 Å². The monoisotopic (exact) mass is 270 g/mol. The molecule has 5 heteroatoms. The van der Waals surface area contributed by atoms with Crippen molar-refractivity contribution >= 4 is 30.1 Å². The summed E-state index contributed by atoms with van der Waals surface area (Å²) < 4.78 is 0. The maximum absolute atomic E-state index is 12.3. The van der Waals surface area contributed by atoms with E-state index in [4.69, 9.17) is 0 Å². The van der Waals surface area contributed by atoms with Crippen LogP contribution in [0.3, 0.4) is 0 Å². The summed E-state index contributed by atoms with van der Waals surface area (Å²) in [5, 5.41) is 3.35. The molecule has 2 aliphatic heterocycles. The normalized spacial score (nSPS) is 21.8. The van der Waals surface area contributed by atoms with Crippen molar-refractivity contribution in [2.24, 2.45) is 0 Å². The standard InChI is InChI=1S/C12H14N2OS.ClH/c1-16-10-4-2-3-8-9-7-13-5-6-14(9)12(15)11(8)10;/h2-4,9,13H,5-7H2,1H3;1H. The second kappa shape index (κ2) is 4.88. The fourth-order valence-corrected chi connectivity index (χ4v) is 3.22. The van der Waals surface area contributed by atoms with E-state index in [1.165, 1.54) is 5.56 Å². The summed E-state index contributed by atoms with van der Waals surface area (Å²) in [5.41, 5.74) is 2.13. The zero-order valence-electron chi connectivity index (χ0n) is 9.60. The SMILES string of the molecule is CSc1cccc2c1C(=O)N1CCNCC21.Cl. The van der Waals surface area contributed by atoms with Crippen LogP contribution in [0.25, 0.3) is 0 Å². The molecule has 1 saturated heterocycles. The van der Waals surface area contributed by atoms with Crippen molar-refractivity contribution in [1.29, 1.82) is 0 Å². The van der Waals surface area contributed by atoms with E-state index < -0.39 is 0 Å². The summed E-state index contributed by atoms with van der Waals surface area (Å²) in [6.07, 6.45) is 2.03. The smallest absolute Gasteiger partial charge is 0.255 e. The highest BCUT2D eigenvalue weighted by Gasteiger charge is 2.39. The van der Waals surface area contributed by atoms with Gasteiger partial charge >= 0.3 is 0 Å². The third kappa shape index (κ3) is 1.84. The average molecular weight is 271 g/mol. The van der Waals surface area contributed by atoms with Crippen LogP contribution in [0.5, 0.6) is 0 Å². The van der Waals surface area contributed by atoms with Crippen LogP contribution in [0.1, 0.15) is 22.0 Å². The minimum absolute atomic E-state index is 0. The van der Waals surface area contributed by atoms with Gasteiger partial charge in [-0.25, -0.2) is 0 Å². The summed E-state index contributed by atoms with van der Waals surface area (Å²) in [5.74, 6) is 0.214. The summed E-state index contributed by atoms with van der Waals surface area (Å²) in [6.45, 7) is 2.62. The number of halogens is 1. The molecule has 0 saturated carbocycles. The number of benzene rings is 1. The molecule has 2 aliphatic rings. The van der Waals surface area contributed by atoms with Crippen molar-refractivity contribution in [1.82, 2.24) is 10.2 Å². The second-order valence-corrected chi connectivity index (χ2v) is 4.99. The lowest BCUT2D eigenvalue weighted by Gasteiger charge is -2.30. The fraction of sp³-hybridized carbons (Fsp3) is 0.417. The van der Waals surface area contributed by atoms with Gasteiger partial charge in [0.25, 0.3) is 5.91 Å². The number of piperazine rings is 1. The van der Waals surface area contributed by atoms with Gasteiger partial charge in [-0.3, -0.25) is 4.79 Å². The predicted octanol–water partition coefficient (Wildman–Crippen LogP) is 1.93. The Kier molecular flexibility index (Phi) is 3.66. The Balaban J connectivity index is 0.00000108. The van der Waals surface area contributed by atoms with Crippen molar-refractivity contribution in [3.05, 3.63) is 29.3 Å². The Hall–Kier alpha value is -0.710. The maximum Gasteiger partial charge on any atom is 0.255 e. The van der Waals surface area contributed by atoms with Crippen molar-refractivity contribution < 1.29 is 4.79 Å². The third-order valence-corrected chi connectivity index (χ3v) is 4.14. The van der Waals surface area contributed by atoms with Crippen LogP contribution in [0.2, 0.25) is 0 Å². The summed E-state index contributed by atoms with van der Waals surface area (Å²) in [4.78, 5) is 15.4. The van der Waals surface area contributed by atoms with Crippen LogP contribution in [0, 0.1) is 0 Å². The highest BCUT2D eigenvalue weighted by Crippen LogP contribution is 2.38. The van der Waals surface area contributed by atoms with E-state index in [1.807, 2.05) is 17.2 Å². The van der Waals surface area contributed by atoms with Crippen LogP contribution in [-0.4, -0.2) is 36.7 Å². The van der Waals surface area contributed by atoms with E-state index in [-0.39, 0.29) is 24.4 Å². The van der Waals surface area contributed by atoms with Gasteiger partial charge in [0, 0.05) is 24.5 Å². The highest BCUT2D eigenvalue weighted by molar-refractivity contribution is 7.98. The molecule has 1 unspecified atom stereocenters. The minimum atomic E-state index is 0. The molecule has 2 heterocycles. The van der Waals surface area contributed by atoms with Gasteiger partial charge in [-0.1, -0.05) is 12.1 Å². The van der Waals surface area contributed by atoms with Crippen molar-refractivity contribution in [2.45, 2.75) is 10.9 Å². The quantitative estimate of drug-likeness (QED) is 0.792. The second-order valence-electron chi connectivity index (χ2n) is 4.14. The summed E-state index contributed by atoms with van der Waals surface area (Å²) >= 11 is 1.66. The summed E-state index contributed by atoms with van der Waals surface area (Å²) in [7, 11) is 0. The Labute approximate surface area is 111 Å². The lowest BCUT2D eigenvalue weighted by Crippen LogP contribution is -2.44. The topological polar surface area (TPSA) is 32.3 Å². The number of hydrogen-bond acceptors (Lipinski definition) is 3. The molecular weight excluding hydrogens is 256 g/mol.